The largest absolute Gasteiger partial charge is 0.461 e. The van der Waals surface area contributed by atoms with Crippen LogP contribution in [0.3, 0.4) is 0 Å². The number of fused-ring (bicyclic) bond motifs is 1. The first kappa shape index (κ1) is 17.2. The van der Waals surface area contributed by atoms with E-state index in [9.17, 15) is 9.59 Å². The van der Waals surface area contributed by atoms with Gasteiger partial charge < -0.3 is 10.1 Å². The second-order valence-electron chi connectivity index (χ2n) is 5.91. The number of aliphatic imine (C=N–C) groups is 1. The molecule has 0 radical (unpaired) electrons. The summed E-state index contributed by atoms with van der Waals surface area (Å²) in [4.78, 5) is 29.3. The molecular formula is C19H17ClN2O3. The molecule has 0 saturated carbocycles. The fourth-order valence-electron chi connectivity index (χ4n) is 2.56. The number of benzodiazepines with no additional fused rings is 1. The number of carbonyl (C=O) groups is 2. The van der Waals surface area contributed by atoms with Crippen molar-refractivity contribution >= 4 is 34.9 Å². The van der Waals surface area contributed by atoms with E-state index in [0.717, 1.165) is 5.56 Å². The third kappa shape index (κ3) is 3.72. The molecule has 1 N–H and O–H groups in total. The van der Waals surface area contributed by atoms with Crippen LogP contribution in [0.1, 0.15) is 25.0 Å². The fourth-order valence-corrected chi connectivity index (χ4v) is 2.73. The van der Waals surface area contributed by atoms with Crippen molar-refractivity contribution in [2.75, 3.05) is 5.32 Å². The molecule has 1 amide bonds. The number of esters is 1. The van der Waals surface area contributed by atoms with Crippen molar-refractivity contribution in [3.63, 3.8) is 0 Å². The highest BCUT2D eigenvalue weighted by Crippen LogP contribution is 2.27. The van der Waals surface area contributed by atoms with Crippen LogP contribution < -0.4 is 5.32 Å². The molecule has 5 nitrogen and oxygen atoms in total. The van der Waals surface area contributed by atoms with Crippen LogP contribution in [0.5, 0.6) is 0 Å². The third-order valence-corrected chi connectivity index (χ3v) is 3.86. The number of rotatable bonds is 3. The molecule has 0 bridgehead atoms. The van der Waals surface area contributed by atoms with Crippen LogP contribution in [0.4, 0.5) is 5.69 Å². The van der Waals surface area contributed by atoms with Gasteiger partial charge in [0.25, 0.3) is 5.91 Å². The van der Waals surface area contributed by atoms with Crippen LogP contribution in [-0.4, -0.2) is 29.7 Å². The van der Waals surface area contributed by atoms with E-state index in [-0.39, 0.29) is 6.10 Å². The Morgan fingerprint density at radius 3 is 2.60 bits per heavy atom. The van der Waals surface area contributed by atoms with Gasteiger partial charge in [-0.1, -0.05) is 41.9 Å². The van der Waals surface area contributed by atoms with Crippen LogP contribution >= 0.6 is 11.6 Å². The van der Waals surface area contributed by atoms with Crippen LogP contribution in [0, 0.1) is 0 Å². The lowest BCUT2D eigenvalue weighted by atomic mass is 10.0. The van der Waals surface area contributed by atoms with Gasteiger partial charge in [0.2, 0.25) is 6.04 Å². The van der Waals surface area contributed by atoms with Crippen molar-refractivity contribution in [2.45, 2.75) is 26.0 Å². The molecule has 2 aromatic rings. The smallest absolute Gasteiger partial charge is 0.341 e. The Kier molecular flexibility index (Phi) is 4.86. The maximum atomic E-state index is 12.5. The lowest BCUT2D eigenvalue weighted by Gasteiger charge is -2.13. The molecule has 128 valence electrons. The topological polar surface area (TPSA) is 67.8 Å². The lowest BCUT2D eigenvalue weighted by Crippen LogP contribution is -2.35. The van der Waals surface area contributed by atoms with Crippen molar-refractivity contribution in [1.82, 2.24) is 0 Å². The molecule has 0 fully saturated rings. The van der Waals surface area contributed by atoms with Gasteiger partial charge in [-0.05, 0) is 32.0 Å². The average molecular weight is 357 g/mol. The van der Waals surface area contributed by atoms with E-state index in [0.29, 0.717) is 22.0 Å². The predicted molar refractivity (Wildman–Crippen MR) is 97.2 cm³/mol. The normalized spacial score (nSPS) is 16.6. The van der Waals surface area contributed by atoms with Gasteiger partial charge in [-0.3, -0.25) is 9.79 Å². The summed E-state index contributed by atoms with van der Waals surface area (Å²) in [6.07, 6.45) is -0.337. The summed E-state index contributed by atoms with van der Waals surface area (Å²) >= 11 is 6.13. The summed E-state index contributed by atoms with van der Waals surface area (Å²) in [5, 5.41) is 3.25. The number of benzene rings is 2. The predicted octanol–water partition coefficient (Wildman–Crippen LogP) is 3.45. The van der Waals surface area contributed by atoms with E-state index in [4.69, 9.17) is 16.3 Å². The molecule has 0 aliphatic carbocycles. The number of amides is 1. The molecule has 3 rings (SSSR count). The first-order chi connectivity index (χ1) is 12.0. The number of anilines is 1. The molecule has 1 aliphatic heterocycles. The minimum atomic E-state index is -1.27. The zero-order valence-corrected chi connectivity index (χ0v) is 14.6. The maximum absolute atomic E-state index is 12.5. The molecule has 1 unspecified atom stereocenters. The Hall–Kier alpha value is -2.66. The molecule has 1 atom stereocenters. The molecule has 25 heavy (non-hydrogen) atoms. The summed E-state index contributed by atoms with van der Waals surface area (Å²) in [7, 11) is 0. The summed E-state index contributed by atoms with van der Waals surface area (Å²) in [5.41, 5.74) is 2.51. The Balaban J connectivity index is 2.15. The first-order valence-electron chi connectivity index (χ1n) is 7.90. The molecule has 0 aromatic heterocycles. The highest BCUT2D eigenvalue weighted by atomic mass is 35.5. The number of hydrogen-bond acceptors (Lipinski definition) is 4. The summed E-state index contributed by atoms with van der Waals surface area (Å²) in [5.74, 6) is -1.21. The van der Waals surface area contributed by atoms with Crippen LogP contribution in [-0.2, 0) is 14.3 Å². The number of carbonyl (C=O) groups excluding carboxylic acids is 2. The van der Waals surface area contributed by atoms with Gasteiger partial charge >= 0.3 is 5.97 Å². The fraction of sp³-hybridized carbons (Fsp3) is 0.211. The van der Waals surface area contributed by atoms with E-state index in [1.165, 1.54) is 0 Å². The Morgan fingerprint density at radius 1 is 1.20 bits per heavy atom. The summed E-state index contributed by atoms with van der Waals surface area (Å²) < 4.78 is 5.19. The average Bonchev–Trinajstić information content (AvgIpc) is 2.71. The highest BCUT2D eigenvalue weighted by molar-refractivity contribution is 6.32. The van der Waals surface area contributed by atoms with E-state index in [1.54, 1.807) is 32.0 Å². The van der Waals surface area contributed by atoms with E-state index in [1.807, 2.05) is 30.3 Å². The van der Waals surface area contributed by atoms with E-state index >= 15 is 0 Å². The Morgan fingerprint density at radius 2 is 1.92 bits per heavy atom. The molecule has 2 aromatic carbocycles. The second kappa shape index (κ2) is 7.07. The molecule has 1 heterocycles. The highest BCUT2D eigenvalue weighted by Gasteiger charge is 2.33. The Labute approximate surface area is 150 Å². The van der Waals surface area contributed by atoms with Gasteiger partial charge in [0.1, 0.15) is 0 Å². The quantitative estimate of drug-likeness (QED) is 0.676. The van der Waals surface area contributed by atoms with Crippen molar-refractivity contribution in [3.8, 4) is 0 Å². The van der Waals surface area contributed by atoms with E-state index in [2.05, 4.69) is 10.3 Å². The van der Waals surface area contributed by atoms with Gasteiger partial charge in [-0.2, -0.15) is 0 Å². The van der Waals surface area contributed by atoms with Gasteiger partial charge in [0.15, 0.2) is 0 Å². The van der Waals surface area contributed by atoms with Gasteiger partial charge in [0.05, 0.1) is 17.5 Å². The summed E-state index contributed by atoms with van der Waals surface area (Å²) in [6, 6.07) is 13.2. The monoisotopic (exact) mass is 356 g/mol. The number of hydrogen-bond donors (Lipinski definition) is 1. The molecule has 1 aliphatic rings. The van der Waals surface area contributed by atoms with Crippen LogP contribution in [0.2, 0.25) is 5.02 Å². The van der Waals surface area contributed by atoms with Crippen LogP contribution in [0.25, 0.3) is 0 Å². The maximum Gasteiger partial charge on any atom is 0.341 e. The minimum Gasteiger partial charge on any atom is -0.461 e. The summed E-state index contributed by atoms with van der Waals surface area (Å²) in [6.45, 7) is 3.45. The van der Waals surface area contributed by atoms with Crippen molar-refractivity contribution in [2.24, 2.45) is 4.99 Å². The number of nitrogens with one attached hydrogen (secondary N) is 1. The number of halogens is 1. The zero-order chi connectivity index (χ0) is 18.0. The van der Waals surface area contributed by atoms with Gasteiger partial charge in [-0.25, -0.2) is 4.79 Å². The van der Waals surface area contributed by atoms with Crippen LogP contribution in [0.15, 0.2) is 53.5 Å². The molecule has 6 heteroatoms. The standard InChI is InChI=1S/C19H17ClN2O3/c1-11(2)25-19(24)17-18(23)21-15-9-8-13(20)10-14(15)16(22-17)12-6-4-3-5-7-12/h3-11,17H,1-2H3,(H,21,23). The second-order valence-corrected chi connectivity index (χ2v) is 6.35. The number of ether oxygens (including phenoxy) is 1. The van der Waals surface area contributed by atoms with Gasteiger partial charge in [0, 0.05) is 16.1 Å². The SMILES string of the molecule is CC(C)OC(=O)C1N=C(c2ccccc2)c2cc(Cl)ccc2NC1=O. The first-order valence-corrected chi connectivity index (χ1v) is 8.28. The van der Waals surface area contributed by atoms with Crippen molar-refractivity contribution < 1.29 is 14.3 Å². The van der Waals surface area contributed by atoms with E-state index < -0.39 is 17.9 Å². The Bertz CT molecular complexity index is 847. The number of nitrogens with zero attached hydrogens (tertiary/aromatic N) is 1. The minimum absolute atomic E-state index is 0.337. The molecule has 0 saturated heterocycles. The van der Waals surface area contributed by atoms with Crippen molar-refractivity contribution in [3.05, 3.63) is 64.7 Å². The molecule has 0 spiro atoms. The molecular weight excluding hydrogens is 340 g/mol. The third-order valence-electron chi connectivity index (χ3n) is 3.62. The lowest BCUT2D eigenvalue weighted by molar-refractivity contribution is -0.150. The zero-order valence-electron chi connectivity index (χ0n) is 13.8. The van der Waals surface area contributed by atoms with Gasteiger partial charge in [-0.15, -0.1) is 0 Å². The van der Waals surface area contributed by atoms with Crippen molar-refractivity contribution in [1.29, 1.82) is 0 Å².